The van der Waals surface area contributed by atoms with E-state index in [-0.39, 0.29) is 10.8 Å². The zero-order valence-electron chi connectivity index (χ0n) is 11.5. The highest BCUT2D eigenvalue weighted by Gasteiger charge is 2.10. The molecule has 2 N–H and O–H groups in total. The van der Waals surface area contributed by atoms with Crippen molar-refractivity contribution >= 4 is 17.2 Å². The van der Waals surface area contributed by atoms with Gasteiger partial charge in [0.15, 0.2) is 0 Å². The van der Waals surface area contributed by atoms with Gasteiger partial charge in [0.05, 0.1) is 6.54 Å². The molecule has 0 saturated heterocycles. The standard InChI is InChI=1S/C14H17FN4S/c1-18(9-13-17-5-6-19(13)2)8-11-4-3-10(14(16)20)7-12(11)15/h3-7H,8-9H2,1-2H3,(H2,16,20). The van der Waals surface area contributed by atoms with Gasteiger partial charge < -0.3 is 10.3 Å². The van der Waals surface area contributed by atoms with Crippen LogP contribution in [0.2, 0.25) is 0 Å². The lowest BCUT2D eigenvalue weighted by Gasteiger charge is -2.17. The highest BCUT2D eigenvalue weighted by atomic mass is 32.1. The lowest BCUT2D eigenvalue weighted by atomic mass is 10.1. The van der Waals surface area contributed by atoms with Gasteiger partial charge >= 0.3 is 0 Å². The maximum Gasteiger partial charge on any atom is 0.128 e. The van der Waals surface area contributed by atoms with E-state index in [1.54, 1.807) is 18.3 Å². The molecule has 106 valence electrons. The Bertz CT molecular complexity index is 623. The fraction of sp³-hybridized carbons (Fsp3) is 0.286. The van der Waals surface area contributed by atoms with E-state index < -0.39 is 0 Å². The van der Waals surface area contributed by atoms with Gasteiger partial charge in [-0.2, -0.15) is 0 Å². The van der Waals surface area contributed by atoms with Crippen molar-refractivity contribution in [3.63, 3.8) is 0 Å². The second kappa shape index (κ2) is 6.11. The van der Waals surface area contributed by atoms with Crippen molar-refractivity contribution < 1.29 is 4.39 Å². The highest BCUT2D eigenvalue weighted by Crippen LogP contribution is 2.13. The Morgan fingerprint density at radius 3 is 2.75 bits per heavy atom. The first kappa shape index (κ1) is 14.6. The lowest BCUT2D eigenvalue weighted by Crippen LogP contribution is -2.20. The summed E-state index contributed by atoms with van der Waals surface area (Å²) >= 11 is 4.83. The third-order valence-electron chi connectivity index (χ3n) is 3.11. The number of nitrogens with zero attached hydrogens (tertiary/aromatic N) is 3. The number of aryl methyl sites for hydroxylation is 1. The fourth-order valence-corrected chi connectivity index (χ4v) is 2.09. The molecule has 0 saturated carbocycles. The van der Waals surface area contributed by atoms with Gasteiger partial charge in [0, 0.05) is 37.1 Å². The topological polar surface area (TPSA) is 47.1 Å². The first-order valence-electron chi connectivity index (χ1n) is 6.20. The summed E-state index contributed by atoms with van der Waals surface area (Å²) in [6, 6.07) is 4.85. The maximum absolute atomic E-state index is 14.0. The summed E-state index contributed by atoms with van der Waals surface area (Å²) in [6.07, 6.45) is 3.64. The molecule has 2 rings (SSSR count). The van der Waals surface area contributed by atoms with Crippen LogP contribution in [0.15, 0.2) is 30.6 Å². The van der Waals surface area contributed by atoms with Crippen molar-refractivity contribution in [2.24, 2.45) is 12.8 Å². The summed E-state index contributed by atoms with van der Waals surface area (Å²) in [7, 11) is 3.86. The number of hydrogen-bond donors (Lipinski definition) is 1. The Balaban J connectivity index is 2.06. The fourth-order valence-electron chi connectivity index (χ4n) is 1.97. The van der Waals surface area contributed by atoms with E-state index in [4.69, 9.17) is 18.0 Å². The Morgan fingerprint density at radius 1 is 1.45 bits per heavy atom. The van der Waals surface area contributed by atoms with E-state index in [1.807, 2.05) is 29.8 Å². The van der Waals surface area contributed by atoms with Crippen LogP contribution in [0.1, 0.15) is 17.0 Å². The highest BCUT2D eigenvalue weighted by molar-refractivity contribution is 7.80. The molecule has 0 atom stereocenters. The second-order valence-corrected chi connectivity index (χ2v) is 5.24. The van der Waals surface area contributed by atoms with E-state index in [2.05, 4.69) is 4.98 Å². The molecule has 0 fully saturated rings. The van der Waals surface area contributed by atoms with Crippen LogP contribution >= 0.6 is 12.2 Å². The van der Waals surface area contributed by atoms with Crippen molar-refractivity contribution in [2.75, 3.05) is 7.05 Å². The number of nitrogens with two attached hydrogens (primary N) is 1. The molecule has 1 aromatic carbocycles. The molecular weight excluding hydrogens is 275 g/mol. The number of rotatable bonds is 5. The zero-order chi connectivity index (χ0) is 14.7. The number of benzene rings is 1. The molecule has 4 nitrogen and oxygen atoms in total. The summed E-state index contributed by atoms with van der Waals surface area (Å²) in [5.74, 6) is 0.648. The van der Waals surface area contributed by atoms with Crippen LogP contribution in [-0.2, 0) is 20.1 Å². The molecule has 20 heavy (non-hydrogen) atoms. The van der Waals surface area contributed by atoms with E-state index in [9.17, 15) is 4.39 Å². The molecule has 1 heterocycles. The monoisotopic (exact) mass is 292 g/mol. The Labute approximate surface area is 123 Å². The summed E-state index contributed by atoms with van der Waals surface area (Å²) in [5.41, 5.74) is 6.65. The zero-order valence-corrected chi connectivity index (χ0v) is 12.3. The molecule has 0 amide bonds. The Kier molecular flexibility index (Phi) is 4.46. The van der Waals surface area contributed by atoms with Crippen LogP contribution in [0, 0.1) is 5.82 Å². The van der Waals surface area contributed by atoms with E-state index in [1.165, 1.54) is 6.07 Å². The van der Waals surface area contributed by atoms with E-state index in [0.717, 1.165) is 5.82 Å². The molecule has 0 aliphatic rings. The molecule has 1 aromatic heterocycles. The van der Waals surface area contributed by atoms with Gasteiger partial charge in [-0.05, 0) is 13.1 Å². The third-order valence-corrected chi connectivity index (χ3v) is 3.35. The SMILES string of the molecule is CN(Cc1ccc(C(N)=S)cc1F)Cc1nccn1C. The predicted octanol–water partition coefficient (Wildman–Crippen LogP) is 1.83. The summed E-state index contributed by atoms with van der Waals surface area (Å²) in [5, 5.41) is 0. The first-order chi connectivity index (χ1) is 9.47. The molecule has 0 spiro atoms. The largest absolute Gasteiger partial charge is 0.389 e. The van der Waals surface area contributed by atoms with E-state index in [0.29, 0.717) is 24.2 Å². The quantitative estimate of drug-likeness (QED) is 0.854. The van der Waals surface area contributed by atoms with Crippen LogP contribution in [0.4, 0.5) is 4.39 Å². The number of hydrogen-bond acceptors (Lipinski definition) is 3. The average molecular weight is 292 g/mol. The van der Waals surface area contributed by atoms with Crippen LogP contribution in [0.3, 0.4) is 0 Å². The molecule has 0 radical (unpaired) electrons. The summed E-state index contributed by atoms with van der Waals surface area (Å²) in [6.45, 7) is 1.15. The van der Waals surface area contributed by atoms with Crippen LogP contribution in [0.5, 0.6) is 0 Å². The Hall–Kier alpha value is -1.79. The molecule has 0 bridgehead atoms. The van der Waals surface area contributed by atoms with Crippen LogP contribution < -0.4 is 5.73 Å². The van der Waals surface area contributed by atoms with Crippen molar-refractivity contribution in [2.45, 2.75) is 13.1 Å². The third kappa shape index (κ3) is 3.40. The van der Waals surface area contributed by atoms with Gasteiger partial charge in [-0.1, -0.05) is 24.4 Å². The van der Waals surface area contributed by atoms with Crippen LogP contribution in [-0.4, -0.2) is 26.5 Å². The van der Waals surface area contributed by atoms with Gasteiger partial charge in [0.2, 0.25) is 0 Å². The van der Waals surface area contributed by atoms with Crippen molar-refractivity contribution in [3.8, 4) is 0 Å². The van der Waals surface area contributed by atoms with Crippen molar-refractivity contribution in [3.05, 3.63) is 53.4 Å². The van der Waals surface area contributed by atoms with Gasteiger partial charge in [-0.15, -0.1) is 0 Å². The molecular formula is C14H17FN4S. The maximum atomic E-state index is 14.0. The molecule has 0 aliphatic heterocycles. The van der Waals surface area contributed by atoms with Crippen molar-refractivity contribution in [1.82, 2.24) is 14.5 Å². The second-order valence-electron chi connectivity index (χ2n) is 4.80. The molecule has 6 heteroatoms. The minimum Gasteiger partial charge on any atom is -0.389 e. The van der Waals surface area contributed by atoms with Gasteiger partial charge in [-0.25, -0.2) is 9.37 Å². The van der Waals surface area contributed by atoms with Gasteiger partial charge in [0.25, 0.3) is 0 Å². The van der Waals surface area contributed by atoms with Gasteiger partial charge in [0.1, 0.15) is 16.6 Å². The number of halogens is 1. The number of aromatic nitrogens is 2. The average Bonchev–Trinajstić information content (AvgIpc) is 2.77. The lowest BCUT2D eigenvalue weighted by molar-refractivity contribution is 0.302. The smallest absolute Gasteiger partial charge is 0.128 e. The minimum absolute atomic E-state index is 0.205. The minimum atomic E-state index is -0.290. The first-order valence-corrected chi connectivity index (χ1v) is 6.61. The predicted molar refractivity (Wildman–Crippen MR) is 80.7 cm³/mol. The summed E-state index contributed by atoms with van der Waals surface area (Å²) in [4.78, 5) is 6.46. The van der Waals surface area contributed by atoms with Crippen molar-refractivity contribution in [1.29, 1.82) is 0 Å². The van der Waals surface area contributed by atoms with E-state index >= 15 is 0 Å². The summed E-state index contributed by atoms with van der Waals surface area (Å²) < 4.78 is 15.9. The number of thiocarbonyl (C=S) groups is 1. The van der Waals surface area contributed by atoms with Crippen LogP contribution in [0.25, 0.3) is 0 Å². The normalized spacial score (nSPS) is 11.0. The molecule has 2 aromatic rings. The molecule has 0 unspecified atom stereocenters. The molecule has 0 aliphatic carbocycles. The van der Waals surface area contributed by atoms with Gasteiger partial charge in [-0.3, -0.25) is 4.90 Å². The number of imidazole rings is 1. The Morgan fingerprint density at radius 2 is 2.20 bits per heavy atom.